The van der Waals surface area contributed by atoms with Crippen molar-refractivity contribution in [2.75, 3.05) is 5.32 Å². The minimum absolute atomic E-state index is 0.184. The molecule has 0 bridgehead atoms. The van der Waals surface area contributed by atoms with Crippen molar-refractivity contribution < 1.29 is 27.5 Å². The fraction of sp³-hybridized carbons (Fsp3) is 0.500. The zero-order valence-corrected chi connectivity index (χ0v) is 22.8. The van der Waals surface area contributed by atoms with E-state index in [0.29, 0.717) is 11.4 Å². The van der Waals surface area contributed by atoms with Gasteiger partial charge in [-0.2, -0.15) is 13.2 Å². The van der Waals surface area contributed by atoms with Crippen molar-refractivity contribution in [1.29, 1.82) is 0 Å². The molecule has 0 aliphatic heterocycles. The number of rotatable bonds is 8. The van der Waals surface area contributed by atoms with Gasteiger partial charge < -0.3 is 10.1 Å². The first-order valence-corrected chi connectivity index (χ1v) is 13.1. The van der Waals surface area contributed by atoms with Gasteiger partial charge in [-0.25, -0.2) is 0 Å². The Morgan fingerprint density at radius 3 is 2.19 bits per heavy atom. The smallest absolute Gasteiger partial charge is 0.392 e. The van der Waals surface area contributed by atoms with Crippen molar-refractivity contribution >= 4 is 40.8 Å². The van der Waals surface area contributed by atoms with E-state index in [1.807, 2.05) is 20.8 Å². The Morgan fingerprint density at radius 1 is 1.05 bits per heavy atom. The molecule has 0 saturated heterocycles. The second-order valence-corrected chi connectivity index (χ2v) is 11.5. The molecule has 3 atom stereocenters. The number of benzene rings is 2. The summed E-state index contributed by atoms with van der Waals surface area (Å²) in [4.78, 5) is 26.2. The maximum absolute atomic E-state index is 13.7. The number of ether oxygens (including phenoxy) is 1. The molecule has 1 saturated carbocycles. The quantitative estimate of drug-likeness (QED) is 0.332. The average molecular weight is 558 g/mol. The van der Waals surface area contributed by atoms with Crippen LogP contribution in [0, 0.1) is 17.8 Å². The zero-order valence-electron chi connectivity index (χ0n) is 21.3. The number of anilines is 1. The lowest BCUT2D eigenvalue weighted by Crippen LogP contribution is -2.36. The Balaban J connectivity index is 1.86. The number of carbonyl (C=O) groups is 2. The first-order chi connectivity index (χ1) is 17.2. The molecule has 0 spiro atoms. The number of nitrogens with one attached hydrogen (secondary N) is 1. The van der Waals surface area contributed by atoms with Crippen LogP contribution in [0.3, 0.4) is 0 Å². The van der Waals surface area contributed by atoms with Crippen LogP contribution in [0.25, 0.3) is 0 Å². The van der Waals surface area contributed by atoms with Gasteiger partial charge in [0.05, 0.1) is 28.5 Å². The summed E-state index contributed by atoms with van der Waals surface area (Å²) in [7, 11) is 0. The van der Waals surface area contributed by atoms with Gasteiger partial charge in [0.1, 0.15) is 5.60 Å². The van der Waals surface area contributed by atoms with Crippen LogP contribution >= 0.6 is 23.2 Å². The minimum Gasteiger partial charge on any atom is -0.460 e. The Bertz CT molecular complexity index is 1110. The fourth-order valence-electron chi connectivity index (χ4n) is 4.45. The molecule has 2 aromatic rings. The van der Waals surface area contributed by atoms with E-state index in [9.17, 15) is 22.8 Å². The van der Waals surface area contributed by atoms with E-state index in [1.54, 1.807) is 18.2 Å². The van der Waals surface area contributed by atoms with Gasteiger partial charge >= 0.3 is 12.1 Å². The standard InChI is InChI=1S/C28H32Cl2F3NO3/c1-16(28(31,32)33)24(19-9-11-20(29)12-10-19)25(35)34-23-15-17(8-13-22(23)30)14-21(18-6-5-7-18)26(36)37-27(2,3)4/h8-13,15-16,18,21,24H,5-7,14H2,1-4H3,(H,34,35). The van der Waals surface area contributed by atoms with Crippen molar-refractivity contribution in [2.24, 2.45) is 17.8 Å². The third kappa shape index (κ3) is 7.87. The molecular formula is C28H32Cl2F3NO3. The van der Waals surface area contributed by atoms with Crippen LogP contribution in [0.4, 0.5) is 18.9 Å². The van der Waals surface area contributed by atoms with E-state index in [-0.39, 0.29) is 34.1 Å². The highest BCUT2D eigenvalue weighted by Gasteiger charge is 2.45. The number of alkyl halides is 3. The maximum atomic E-state index is 13.7. The van der Waals surface area contributed by atoms with Crippen molar-refractivity contribution in [3.8, 4) is 0 Å². The molecule has 2 aromatic carbocycles. The Labute approximate surface area is 225 Å². The minimum atomic E-state index is -4.60. The summed E-state index contributed by atoms with van der Waals surface area (Å²) in [6.07, 6.45) is -1.32. The number of hydrogen-bond acceptors (Lipinski definition) is 3. The molecule has 202 valence electrons. The van der Waals surface area contributed by atoms with Crippen LogP contribution < -0.4 is 5.32 Å². The number of amides is 1. The van der Waals surface area contributed by atoms with Crippen molar-refractivity contribution in [2.45, 2.75) is 71.1 Å². The van der Waals surface area contributed by atoms with Gasteiger partial charge in [-0.05, 0) is 81.3 Å². The van der Waals surface area contributed by atoms with Gasteiger partial charge in [0.2, 0.25) is 5.91 Å². The third-order valence-corrected chi connectivity index (χ3v) is 7.28. The zero-order chi connectivity index (χ0) is 27.5. The van der Waals surface area contributed by atoms with Gasteiger partial charge in [0.25, 0.3) is 0 Å². The highest BCUT2D eigenvalue weighted by atomic mass is 35.5. The highest BCUT2D eigenvalue weighted by molar-refractivity contribution is 6.33. The molecule has 1 aliphatic carbocycles. The molecule has 37 heavy (non-hydrogen) atoms. The topological polar surface area (TPSA) is 55.4 Å². The largest absolute Gasteiger partial charge is 0.460 e. The van der Waals surface area contributed by atoms with Crippen LogP contribution in [-0.2, 0) is 20.7 Å². The Kier molecular flexibility index (Phi) is 9.23. The molecule has 1 aliphatic rings. The maximum Gasteiger partial charge on any atom is 0.392 e. The van der Waals surface area contributed by atoms with Crippen molar-refractivity contribution in [3.63, 3.8) is 0 Å². The summed E-state index contributed by atoms with van der Waals surface area (Å²) >= 11 is 12.2. The highest BCUT2D eigenvalue weighted by Crippen LogP contribution is 2.40. The van der Waals surface area contributed by atoms with Crippen LogP contribution in [-0.4, -0.2) is 23.7 Å². The van der Waals surface area contributed by atoms with E-state index in [1.165, 1.54) is 24.3 Å². The lowest BCUT2D eigenvalue weighted by atomic mass is 9.73. The number of esters is 1. The summed E-state index contributed by atoms with van der Waals surface area (Å²) in [5, 5.41) is 3.13. The molecule has 9 heteroatoms. The van der Waals surface area contributed by atoms with Gasteiger partial charge in [0, 0.05) is 5.02 Å². The molecule has 1 amide bonds. The molecule has 0 aromatic heterocycles. The van der Waals surface area contributed by atoms with Gasteiger partial charge in [-0.1, -0.05) is 54.7 Å². The Morgan fingerprint density at radius 2 is 1.68 bits per heavy atom. The number of hydrogen-bond donors (Lipinski definition) is 1. The molecule has 4 nitrogen and oxygen atoms in total. The summed E-state index contributed by atoms with van der Waals surface area (Å²) < 4.78 is 46.7. The fourth-order valence-corrected chi connectivity index (χ4v) is 4.74. The summed E-state index contributed by atoms with van der Waals surface area (Å²) in [6.45, 7) is 6.42. The van der Waals surface area contributed by atoms with Crippen molar-refractivity contribution in [1.82, 2.24) is 0 Å². The predicted octanol–water partition coefficient (Wildman–Crippen LogP) is 8.21. The van der Waals surface area contributed by atoms with E-state index in [2.05, 4.69) is 5.32 Å². The summed E-state index contributed by atoms with van der Waals surface area (Å²) in [5.74, 6) is -4.74. The summed E-state index contributed by atoms with van der Waals surface area (Å²) in [5.41, 5.74) is 0.488. The summed E-state index contributed by atoms with van der Waals surface area (Å²) in [6, 6.07) is 10.7. The first-order valence-electron chi connectivity index (χ1n) is 12.3. The van der Waals surface area contributed by atoms with E-state index in [4.69, 9.17) is 27.9 Å². The van der Waals surface area contributed by atoms with E-state index >= 15 is 0 Å². The van der Waals surface area contributed by atoms with E-state index < -0.39 is 29.5 Å². The number of carbonyl (C=O) groups excluding carboxylic acids is 2. The van der Waals surface area contributed by atoms with Gasteiger partial charge in [-0.15, -0.1) is 0 Å². The molecular weight excluding hydrogens is 526 g/mol. The number of halogens is 5. The molecule has 3 rings (SSSR count). The van der Waals surface area contributed by atoms with Crippen LogP contribution in [0.2, 0.25) is 10.0 Å². The molecule has 0 radical (unpaired) electrons. The Hall–Kier alpha value is -2.25. The molecule has 3 unspecified atom stereocenters. The van der Waals surface area contributed by atoms with E-state index in [0.717, 1.165) is 31.7 Å². The SMILES string of the molecule is CC(C(C(=O)Nc1cc(CC(C(=O)OC(C)(C)C)C2CCC2)ccc1Cl)c1ccc(Cl)cc1)C(F)(F)F. The first kappa shape index (κ1) is 29.3. The second-order valence-electron chi connectivity index (χ2n) is 10.7. The normalized spacial score (nSPS) is 16.9. The van der Waals surface area contributed by atoms with Crippen LogP contribution in [0.1, 0.15) is 64.0 Å². The van der Waals surface area contributed by atoms with Crippen LogP contribution in [0.5, 0.6) is 0 Å². The monoisotopic (exact) mass is 557 g/mol. The second kappa shape index (κ2) is 11.6. The third-order valence-electron chi connectivity index (χ3n) is 6.70. The average Bonchev–Trinajstić information content (AvgIpc) is 2.74. The molecule has 1 N–H and O–H groups in total. The lowest BCUT2D eigenvalue weighted by Gasteiger charge is -2.34. The molecule has 1 fully saturated rings. The van der Waals surface area contributed by atoms with Crippen LogP contribution in [0.15, 0.2) is 42.5 Å². The van der Waals surface area contributed by atoms with Gasteiger partial charge in [0.15, 0.2) is 0 Å². The predicted molar refractivity (Wildman–Crippen MR) is 140 cm³/mol. The van der Waals surface area contributed by atoms with Crippen molar-refractivity contribution in [3.05, 3.63) is 63.6 Å². The lowest BCUT2D eigenvalue weighted by molar-refractivity contribution is -0.178. The van der Waals surface area contributed by atoms with Gasteiger partial charge in [-0.3, -0.25) is 9.59 Å². The molecule has 0 heterocycles.